The maximum Gasteiger partial charge on any atom is 0.289 e. The van der Waals surface area contributed by atoms with Gasteiger partial charge in [-0.2, -0.15) is 0 Å². The predicted octanol–water partition coefficient (Wildman–Crippen LogP) is 0.594. The van der Waals surface area contributed by atoms with Gasteiger partial charge >= 0.3 is 0 Å². The SMILES string of the molecule is Cn1cc(C(=O)C(N)=O)c2nc(C(=O)N3CCN(Cc4ccccc4)CC3)cnc21. The number of Topliss-reactive ketones (excluding diaryl/α,β-unsaturated/α-hetero) is 1. The van der Waals surface area contributed by atoms with Crippen molar-refractivity contribution in [3.63, 3.8) is 0 Å². The Morgan fingerprint density at radius 3 is 2.43 bits per heavy atom. The summed E-state index contributed by atoms with van der Waals surface area (Å²) in [6.07, 6.45) is 2.86. The van der Waals surface area contributed by atoms with Crippen LogP contribution in [0.5, 0.6) is 0 Å². The summed E-state index contributed by atoms with van der Waals surface area (Å²) in [4.78, 5) is 49.0. The molecule has 1 fully saturated rings. The van der Waals surface area contributed by atoms with E-state index in [1.54, 1.807) is 16.5 Å². The molecule has 0 bridgehead atoms. The van der Waals surface area contributed by atoms with Crippen LogP contribution in [0.25, 0.3) is 11.2 Å². The van der Waals surface area contributed by atoms with E-state index in [-0.39, 0.29) is 22.7 Å². The van der Waals surface area contributed by atoms with E-state index in [1.165, 1.54) is 18.0 Å². The van der Waals surface area contributed by atoms with E-state index in [0.717, 1.165) is 19.6 Å². The summed E-state index contributed by atoms with van der Waals surface area (Å²) >= 11 is 0. The minimum Gasteiger partial charge on any atom is -0.363 e. The average molecular weight is 406 g/mol. The molecular formula is C21H22N6O3. The number of aromatic nitrogens is 3. The van der Waals surface area contributed by atoms with E-state index >= 15 is 0 Å². The molecule has 154 valence electrons. The third-order valence-electron chi connectivity index (χ3n) is 5.26. The Morgan fingerprint density at radius 2 is 1.77 bits per heavy atom. The number of piperazine rings is 1. The molecule has 4 rings (SSSR count). The smallest absolute Gasteiger partial charge is 0.289 e. The number of nitrogens with two attached hydrogens (primary N) is 1. The molecule has 2 aromatic heterocycles. The number of nitrogens with zero attached hydrogens (tertiary/aromatic N) is 5. The topological polar surface area (TPSA) is 114 Å². The number of carbonyl (C=O) groups is 3. The summed E-state index contributed by atoms with van der Waals surface area (Å²) in [5.41, 5.74) is 7.17. The number of aryl methyl sites for hydroxylation is 1. The summed E-state index contributed by atoms with van der Waals surface area (Å²) < 4.78 is 1.58. The van der Waals surface area contributed by atoms with Crippen LogP contribution in [-0.2, 0) is 18.4 Å². The van der Waals surface area contributed by atoms with Crippen LogP contribution in [-0.4, -0.2) is 68.1 Å². The van der Waals surface area contributed by atoms with Gasteiger partial charge in [0.05, 0.1) is 11.8 Å². The summed E-state index contributed by atoms with van der Waals surface area (Å²) in [6.45, 7) is 3.51. The molecular weight excluding hydrogens is 384 g/mol. The molecule has 0 atom stereocenters. The fraction of sp³-hybridized carbons (Fsp3) is 0.286. The van der Waals surface area contributed by atoms with Crippen molar-refractivity contribution < 1.29 is 14.4 Å². The molecule has 2 N–H and O–H groups in total. The number of hydrogen-bond donors (Lipinski definition) is 1. The lowest BCUT2D eigenvalue weighted by atomic mass is 10.2. The maximum atomic E-state index is 13.0. The molecule has 2 amide bonds. The highest BCUT2D eigenvalue weighted by atomic mass is 16.2. The fourth-order valence-electron chi connectivity index (χ4n) is 3.65. The molecule has 1 aliphatic heterocycles. The summed E-state index contributed by atoms with van der Waals surface area (Å²) in [6, 6.07) is 10.2. The molecule has 9 nitrogen and oxygen atoms in total. The first kappa shape index (κ1) is 19.7. The number of primary amides is 1. The lowest BCUT2D eigenvalue weighted by Crippen LogP contribution is -2.48. The first-order valence-electron chi connectivity index (χ1n) is 9.66. The summed E-state index contributed by atoms with van der Waals surface area (Å²) in [7, 11) is 1.68. The van der Waals surface area contributed by atoms with Gasteiger partial charge in [0.15, 0.2) is 5.65 Å². The Morgan fingerprint density at radius 1 is 1.07 bits per heavy atom. The number of rotatable bonds is 5. The zero-order chi connectivity index (χ0) is 21.3. The Hall–Kier alpha value is -3.59. The second-order valence-corrected chi connectivity index (χ2v) is 7.33. The molecule has 3 heterocycles. The summed E-state index contributed by atoms with van der Waals surface area (Å²) in [5.74, 6) is -2.17. The second kappa shape index (κ2) is 8.03. The van der Waals surface area contributed by atoms with E-state index in [0.29, 0.717) is 18.7 Å². The third kappa shape index (κ3) is 3.79. The number of benzene rings is 1. The first-order valence-corrected chi connectivity index (χ1v) is 9.66. The lowest BCUT2D eigenvalue weighted by Gasteiger charge is -2.34. The van der Waals surface area contributed by atoms with Gasteiger partial charge in [-0.3, -0.25) is 19.3 Å². The molecule has 0 saturated carbocycles. The zero-order valence-corrected chi connectivity index (χ0v) is 16.6. The highest BCUT2D eigenvalue weighted by Gasteiger charge is 2.26. The van der Waals surface area contributed by atoms with Gasteiger partial charge in [0.25, 0.3) is 17.6 Å². The van der Waals surface area contributed by atoms with Crippen molar-refractivity contribution >= 4 is 28.8 Å². The molecule has 0 aliphatic carbocycles. The Bertz CT molecular complexity index is 1120. The monoisotopic (exact) mass is 406 g/mol. The Kier molecular flexibility index (Phi) is 5.28. The van der Waals surface area contributed by atoms with Crippen molar-refractivity contribution in [1.29, 1.82) is 0 Å². The van der Waals surface area contributed by atoms with Gasteiger partial charge < -0.3 is 15.2 Å². The highest BCUT2D eigenvalue weighted by Crippen LogP contribution is 2.19. The summed E-state index contributed by atoms with van der Waals surface area (Å²) in [5, 5.41) is 0. The molecule has 1 aliphatic rings. The standard InChI is InChI=1S/C21H22N6O3/c1-25-13-15(18(28)19(22)29)17-20(25)23-11-16(24-17)21(30)27-9-7-26(8-10-27)12-14-5-3-2-4-6-14/h2-6,11,13H,7-10,12H2,1H3,(H2,22,29). The van der Waals surface area contributed by atoms with Gasteiger partial charge in [-0.1, -0.05) is 30.3 Å². The number of ketones is 1. The van der Waals surface area contributed by atoms with Crippen molar-refractivity contribution in [2.45, 2.75) is 6.54 Å². The third-order valence-corrected chi connectivity index (χ3v) is 5.26. The maximum absolute atomic E-state index is 13.0. The van der Waals surface area contributed by atoms with Crippen LogP contribution in [0.4, 0.5) is 0 Å². The number of amides is 2. The van der Waals surface area contributed by atoms with Crippen LogP contribution in [0.2, 0.25) is 0 Å². The molecule has 1 aromatic carbocycles. The molecule has 1 saturated heterocycles. The van der Waals surface area contributed by atoms with Gasteiger partial charge in [-0.15, -0.1) is 0 Å². The average Bonchev–Trinajstić information content (AvgIpc) is 3.09. The van der Waals surface area contributed by atoms with Crippen molar-refractivity contribution in [2.75, 3.05) is 26.2 Å². The predicted molar refractivity (Wildman–Crippen MR) is 110 cm³/mol. The van der Waals surface area contributed by atoms with Crippen LogP contribution < -0.4 is 5.73 Å². The van der Waals surface area contributed by atoms with Crippen molar-refractivity contribution in [1.82, 2.24) is 24.3 Å². The Balaban J connectivity index is 1.49. The van der Waals surface area contributed by atoms with Crippen LogP contribution in [0.3, 0.4) is 0 Å². The Labute approximate surface area is 173 Å². The van der Waals surface area contributed by atoms with Gasteiger partial charge in [-0.05, 0) is 5.56 Å². The lowest BCUT2D eigenvalue weighted by molar-refractivity contribution is -0.114. The molecule has 9 heteroatoms. The van der Waals surface area contributed by atoms with Crippen LogP contribution in [0.1, 0.15) is 26.4 Å². The van der Waals surface area contributed by atoms with E-state index in [9.17, 15) is 14.4 Å². The molecule has 0 unspecified atom stereocenters. The molecule has 30 heavy (non-hydrogen) atoms. The molecule has 0 radical (unpaired) electrons. The van der Waals surface area contributed by atoms with E-state index < -0.39 is 11.7 Å². The zero-order valence-electron chi connectivity index (χ0n) is 16.6. The number of hydrogen-bond acceptors (Lipinski definition) is 6. The molecule has 0 spiro atoms. The second-order valence-electron chi connectivity index (χ2n) is 7.33. The van der Waals surface area contributed by atoms with E-state index in [2.05, 4.69) is 27.0 Å². The minimum atomic E-state index is -1.07. The van der Waals surface area contributed by atoms with Crippen molar-refractivity contribution in [3.8, 4) is 0 Å². The van der Waals surface area contributed by atoms with Gasteiger partial charge in [0.1, 0.15) is 11.2 Å². The first-order chi connectivity index (χ1) is 14.4. The van der Waals surface area contributed by atoms with Gasteiger partial charge in [0.2, 0.25) is 0 Å². The molecule has 3 aromatic rings. The normalized spacial score (nSPS) is 14.8. The van der Waals surface area contributed by atoms with Crippen LogP contribution in [0.15, 0.2) is 42.7 Å². The van der Waals surface area contributed by atoms with Crippen molar-refractivity contribution in [3.05, 3.63) is 59.5 Å². The number of carbonyl (C=O) groups excluding carboxylic acids is 3. The fourth-order valence-corrected chi connectivity index (χ4v) is 3.65. The van der Waals surface area contributed by atoms with Gasteiger partial charge in [0, 0.05) is 46.0 Å². The van der Waals surface area contributed by atoms with Crippen molar-refractivity contribution in [2.24, 2.45) is 12.8 Å². The van der Waals surface area contributed by atoms with Crippen LogP contribution in [0, 0.1) is 0 Å². The van der Waals surface area contributed by atoms with E-state index in [1.807, 2.05) is 18.2 Å². The van der Waals surface area contributed by atoms with Gasteiger partial charge in [-0.25, -0.2) is 9.97 Å². The quantitative estimate of drug-likeness (QED) is 0.490. The van der Waals surface area contributed by atoms with Crippen LogP contribution >= 0.6 is 0 Å². The minimum absolute atomic E-state index is 0.0508. The van der Waals surface area contributed by atoms with E-state index in [4.69, 9.17) is 5.73 Å². The number of fused-ring (bicyclic) bond motifs is 1. The highest BCUT2D eigenvalue weighted by molar-refractivity contribution is 6.44. The largest absolute Gasteiger partial charge is 0.363 e.